The van der Waals surface area contributed by atoms with Crippen molar-refractivity contribution in [3.05, 3.63) is 34.6 Å². The Labute approximate surface area is 120 Å². The number of hydrogen-bond acceptors (Lipinski definition) is 4. The highest BCUT2D eigenvalue weighted by atomic mass is 16.5. The summed E-state index contributed by atoms with van der Waals surface area (Å²) < 4.78 is 5.53. The molecule has 0 saturated carbocycles. The van der Waals surface area contributed by atoms with Crippen LogP contribution in [0.25, 0.3) is 11.3 Å². The molecule has 0 aliphatic rings. The van der Waals surface area contributed by atoms with Crippen molar-refractivity contribution in [3.63, 3.8) is 0 Å². The number of rotatable bonds is 3. The fourth-order valence-electron chi connectivity index (χ4n) is 2.38. The minimum atomic E-state index is 0.536. The van der Waals surface area contributed by atoms with Gasteiger partial charge in [0, 0.05) is 17.5 Å². The molecule has 1 aromatic carbocycles. The lowest BCUT2D eigenvalue weighted by Crippen LogP contribution is -2.05. The summed E-state index contributed by atoms with van der Waals surface area (Å²) in [6.45, 7) is 8.09. The van der Waals surface area contributed by atoms with Crippen molar-refractivity contribution >= 4 is 5.82 Å². The Balaban J connectivity index is 2.77. The number of hydrogen-bond donors (Lipinski definition) is 1. The Morgan fingerprint density at radius 2 is 1.85 bits per heavy atom. The highest BCUT2D eigenvalue weighted by molar-refractivity contribution is 5.76. The van der Waals surface area contributed by atoms with Crippen LogP contribution in [0.5, 0.6) is 5.75 Å². The minimum absolute atomic E-state index is 0.536. The van der Waals surface area contributed by atoms with Gasteiger partial charge in [-0.3, -0.25) is 0 Å². The molecule has 2 aromatic rings. The van der Waals surface area contributed by atoms with E-state index in [1.807, 2.05) is 19.9 Å². The first-order valence-electron chi connectivity index (χ1n) is 6.76. The summed E-state index contributed by atoms with van der Waals surface area (Å²) >= 11 is 0. The summed E-state index contributed by atoms with van der Waals surface area (Å²) in [5, 5.41) is 0. The number of nitrogens with two attached hydrogens (primary N) is 1. The molecule has 0 fully saturated rings. The Morgan fingerprint density at radius 3 is 2.45 bits per heavy atom. The third-order valence-corrected chi connectivity index (χ3v) is 3.45. The van der Waals surface area contributed by atoms with Gasteiger partial charge in [0.15, 0.2) is 0 Å². The van der Waals surface area contributed by atoms with Crippen LogP contribution < -0.4 is 10.5 Å². The summed E-state index contributed by atoms with van der Waals surface area (Å²) in [6.07, 6.45) is 0.755. The molecule has 0 amide bonds. The van der Waals surface area contributed by atoms with Crippen LogP contribution in [0.1, 0.15) is 29.4 Å². The first-order valence-corrected chi connectivity index (χ1v) is 6.76. The number of anilines is 1. The van der Waals surface area contributed by atoms with Crippen LogP contribution in [0.2, 0.25) is 0 Å². The monoisotopic (exact) mass is 271 g/mol. The first kappa shape index (κ1) is 14.3. The van der Waals surface area contributed by atoms with Crippen LogP contribution in [0.3, 0.4) is 0 Å². The van der Waals surface area contributed by atoms with E-state index < -0.39 is 0 Å². The molecule has 4 nitrogen and oxygen atoms in total. The summed E-state index contributed by atoms with van der Waals surface area (Å²) in [6, 6.07) is 4.15. The number of nitrogen functional groups attached to an aromatic ring is 1. The maximum Gasteiger partial charge on any atom is 0.131 e. The molecule has 1 aromatic heterocycles. The highest BCUT2D eigenvalue weighted by Crippen LogP contribution is 2.36. The summed E-state index contributed by atoms with van der Waals surface area (Å²) in [5.41, 5.74) is 11.1. The number of methoxy groups -OCH3 is 1. The Kier molecular flexibility index (Phi) is 3.93. The molecule has 0 spiro atoms. The molecular weight excluding hydrogens is 250 g/mol. The van der Waals surface area contributed by atoms with Crippen molar-refractivity contribution in [3.8, 4) is 17.0 Å². The van der Waals surface area contributed by atoms with E-state index >= 15 is 0 Å². The second-order valence-corrected chi connectivity index (χ2v) is 5.01. The van der Waals surface area contributed by atoms with Crippen LogP contribution in [-0.4, -0.2) is 17.1 Å². The standard InChI is InChI=1S/C16H21N3O/c1-6-13-18-15(11(4)16(17)19-13)14-10(3)7-9(2)8-12(14)20-5/h7-8H,6H2,1-5H3,(H2,17,18,19). The van der Waals surface area contributed by atoms with Crippen molar-refractivity contribution in [1.82, 2.24) is 9.97 Å². The van der Waals surface area contributed by atoms with E-state index in [1.54, 1.807) is 7.11 Å². The van der Waals surface area contributed by atoms with Gasteiger partial charge in [-0.2, -0.15) is 0 Å². The Morgan fingerprint density at radius 1 is 1.15 bits per heavy atom. The average Bonchev–Trinajstić information content (AvgIpc) is 2.41. The zero-order chi connectivity index (χ0) is 14.9. The van der Waals surface area contributed by atoms with Crippen molar-refractivity contribution in [2.75, 3.05) is 12.8 Å². The van der Waals surface area contributed by atoms with E-state index in [2.05, 4.69) is 29.9 Å². The fourth-order valence-corrected chi connectivity index (χ4v) is 2.38. The van der Waals surface area contributed by atoms with Gasteiger partial charge in [0.2, 0.25) is 0 Å². The van der Waals surface area contributed by atoms with Crippen molar-refractivity contribution in [2.24, 2.45) is 0 Å². The Hall–Kier alpha value is -2.10. The van der Waals surface area contributed by atoms with Crippen molar-refractivity contribution in [1.29, 1.82) is 0 Å². The van der Waals surface area contributed by atoms with Crippen LogP contribution in [0, 0.1) is 20.8 Å². The largest absolute Gasteiger partial charge is 0.496 e. The smallest absolute Gasteiger partial charge is 0.131 e. The Bertz CT molecular complexity index is 651. The number of aromatic nitrogens is 2. The van der Waals surface area contributed by atoms with Gasteiger partial charge in [0.25, 0.3) is 0 Å². The van der Waals surface area contributed by atoms with Gasteiger partial charge in [-0.15, -0.1) is 0 Å². The zero-order valence-electron chi connectivity index (χ0n) is 12.7. The maximum atomic E-state index is 6.01. The van der Waals surface area contributed by atoms with Crippen LogP contribution in [0.15, 0.2) is 12.1 Å². The zero-order valence-corrected chi connectivity index (χ0v) is 12.7. The van der Waals surface area contributed by atoms with Gasteiger partial charge in [-0.05, 0) is 38.0 Å². The number of ether oxygens (including phenoxy) is 1. The summed E-state index contributed by atoms with van der Waals surface area (Å²) in [5.74, 6) is 2.12. The third-order valence-electron chi connectivity index (χ3n) is 3.45. The molecule has 0 saturated heterocycles. The molecular formula is C16H21N3O. The molecule has 106 valence electrons. The molecule has 0 atom stereocenters. The predicted molar refractivity (Wildman–Crippen MR) is 82.0 cm³/mol. The molecule has 0 radical (unpaired) electrons. The van der Waals surface area contributed by atoms with Crippen LogP contribution in [-0.2, 0) is 6.42 Å². The van der Waals surface area contributed by atoms with Gasteiger partial charge in [0.1, 0.15) is 17.4 Å². The molecule has 2 rings (SSSR count). The van der Waals surface area contributed by atoms with Crippen LogP contribution >= 0.6 is 0 Å². The van der Waals surface area contributed by atoms with Gasteiger partial charge < -0.3 is 10.5 Å². The lowest BCUT2D eigenvalue weighted by atomic mass is 9.98. The molecule has 0 bridgehead atoms. The van der Waals surface area contributed by atoms with Crippen molar-refractivity contribution < 1.29 is 4.74 Å². The van der Waals surface area contributed by atoms with Gasteiger partial charge >= 0.3 is 0 Å². The lowest BCUT2D eigenvalue weighted by molar-refractivity contribution is 0.415. The molecule has 2 N–H and O–H groups in total. The topological polar surface area (TPSA) is 61.0 Å². The van der Waals surface area contributed by atoms with Crippen LogP contribution in [0.4, 0.5) is 5.82 Å². The average molecular weight is 271 g/mol. The third kappa shape index (κ3) is 2.46. The van der Waals surface area contributed by atoms with E-state index in [0.29, 0.717) is 5.82 Å². The molecule has 0 aliphatic heterocycles. The van der Waals surface area contributed by atoms with E-state index in [0.717, 1.165) is 40.4 Å². The predicted octanol–water partition coefficient (Wildman–Crippen LogP) is 3.22. The summed E-state index contributed by atoms with van der Waals surface area (Å²) in [4.78, 5) is 8.96. The van der Waals surface area contributed by atoms with Gasteiger partial charge in [0.05, 0.1) is 12.8 Å². The van der Waals surface area contributed by atoms with Gasteiger partial charge in [-0.25, -0.2) is 9.97 Å². The number of aryl methyl sites for hydroxylation is 3. The van der Waals surface area contributed by atoms with E-state index in [-0.39, 0.29) is 0 Å². The second-order valence-electron chi connectivity index (χ2n) is 5.01. The SMILES string of the molecule is CCc1nc(N)c(C)c(-c2c(C)cc(C)cc2OC)n1. The maximum absolute atomic E-state index is 6.01. The normalized spacial score (nSPS) is 10.7. The van der Waals surface area contributed by atoms with E-state index in [1.165, 1.54) is 5.56 Å². The molecule has 0 unspecified atom stereocenters. The summed E-state index contributed by atoms with van der Waals surface area (Å²) in [7, 11) is 1.68. The van der Waals surface area contributed by atoms with E-state index in [4.69, 9.17) is 10.5 Å². The molecule has 0 aliphatic carbocycles. The number of nitrogens with zero attached hydrogens (tertiary/aromatic N) is 2. The van der Waals surface area contributed by atoms with E-state index in [9.17, 15) is 0 Å². The highest BCUT2D eigenvalue weighted by Gasteiger charge is 2.17. The van der Waals surface area contributed by atoms with Crippen molar-refractivity contribution in [2.45, 2.75) is 34.1 Å². The number of benzene rings is 1. The fraction of sp³-hybridized carbons (Fsp3) is 0.375. The quantitative estimate of drug-likeness (QED) is 0.931. The molecule has 20 heavy (non-hydrogen) atoms. The lowest BCUT2D eigenvalue weighted by Gasteiger charge is -2.16. The van der Waals surface area contributed by atoms with Gasteiger partial charge in [-0.1, -0.05) is 13.0 Å². The second kappa shape index (κ2) is 5.49. The molecule has 1 heterocycles. The minimum Gasteiger partial charge on any atom is -0.496 e. The first-order chi connectivity index (χ1) is 9.47. The molecule has 4 heteroatoms.